The van der Waals surface area contributed by atoms with Crippen LogP contribution < -0.4 is 10.6 Å². The zero-order valence-corrected chi connectivity index (χ0v) is 16.7. The molecule has 7 heteroatoms. The Hall–Kier alpha value is -4.26. The molecule has 7 nitrogen and oxygen atoms in total. The van der Waals surface area contributed by atoms with Crippen molar-refractivity contribution in [1.29, 1.82) is 0 Å². The number of aromatic nitrogens is 3. The van der Waals surface area contributed by atoms with Crippen LogP contribution in [0.25, 0.3) is 5.69 Å². The summed E-state index contributed by atoms with van der Waals surface area (Å²) in [7, 11) is 0. The predicted octanol–water partition coefficient (Wildman–Crippen LogP) is 4.09. The van der Waals surface area contributed by atoms with Gasteiger partial charge in [0.15, 0.2) is 0 Å². The Labute approximate surface area is 179 Å². The number of carbonyl (C=O) groups is 2. The van der Waals surface area contributed by atoms with Gasteiger partial charge in [0.2, 0.25) is 5.91 Å². The Balaban J connectivity index is 1.31. The summed E-state index contributed by atoms with van der Waals surface area (Å²) in [4.78, 5) is 28.6. The van der Waals surface area contributed by atoms with E-state index in [0.717, 1.165) is 11.3 Å². The van der Waals surface area contributed by atoms with Crippen LogP contribution in [0.5, 0.6) is 0 Å². The van der Waals surface area contributed by atoms with Crippen LogP contribution in [-0.2, 0) is 11.2 Å². The topological polar surface area (TPSA) is 88.9 Å². The fourth-order valence-corrected chi connectivity index (χ4v) is 3.07. The predicted molar refractivity (Wildman–Crippen MR) is 119 cm³/mol. The van der Waals surface area contributed by atoms with Crippen molar-refractivity contribution in [2.24, 2.45) is 0 Å². The molecule has 31 heavy (non-hydrogen) atoms. The molecule has 0 aliphatic carbocycles. The second kappa shape index (κ2) is 9.49. The number of hydrogen-bond donors (Lipinski definition) is 2. The molecule has 0 bridgehead atoms. The first-order valence-corrected chi connectivity index (χ1v) is 9.88. The fraction of sp³-hybridized carbons (Fsp3) is 0.0833. The number of para-hydroxylation sites is 1. The number of amides is 2. The van der Waals surface area contributed by atoms with Crippen LogP contribution in [0.4, 0.5) is 11.4 Å². The first-order chi connectivity index (χ1) is 15.2. The van der Waals surface area contributed by atoms with E-state index in [9.17, 15) is 9.59 Å². The average Bonchev–Trinajstić information content (AvgIpc) is 3.28. The quantitative estimate of drug-likeness (QED) is 0.479. The Bertz CT molecular complexity index is 1170. The number of rotatable bonds is 7. The number of aryl methyl sites for hydroxylation is 1. The average molecular weight is 411 g/mol. The summed E-state index contributed by atoms with van der Waals surface area (Å²) in [5.41, 5.74) is 3.64. The normalized spacial score (nSPS) is 10.5. The smallest absolute Gasteiger partial charge is 0.257 e. The van der Waals surface area contributed by atoms with Crippen molar-refractivity contribution in [3.63, 3.8) is 0 Å². The first kappa shape index (κ1) is 20.0. The van der Waals surface area contributed by atoms with Gasteiger partial charge < -0.3 is 10.6 Å². The van der Waals surface area contributed by atoms with Gasteiger partial charge in [0.25, 0.3) is 5.91 Å². The molecule has 0 unspecified atom stereocenters. The van der Waals surface area contributed by atoms with Gasteiger partial charge in [0.1, 0.15) is 0 Å². The van der Waals surface area contributed by atoms with E-state index in [-0.39, 0.29) is 11.8 Å². The first-order valence-electron chi connectivity index (χ1n) is 9.88. The summed E-state index contributed by atoms with van der Waals surface area (Å²) in [6.45, 7) is 0. The molecular weight excluding hydrogens is 390 g/mol. The van der Waals surface area contributed by atoms with Crippen molar-refractivity contribution >= 4 is 23.2 Å². The largest absolute Gasteiger partial charge is 0.326 e. The summed E-state index contributed by atoms with van der Waals surface area (Å²) in [5.74, 6) is -0.366. The summed E-state index contributed by atoms with van der Waals surface area (Å²) in [6.07, 6.45) is 7.72. The molecule has 2 N–H and O–H groups in total. The van der Waals surface area contributed by atoms with Crippen LogP contribution in [0, 0.1) is 0 Å². The Morgan fingerprint density at radius 1 is 0.871 bits per heavy atom. The minimum absolute atomic E-state index is 0.108. The zero-order chi connectivity index (χ0) is 21.5. The van der Waals surface area contributed by atoms with Crippen LogP contribution in [0.2, 0.25) is 0 Å². The molecule has 0 saturated carbocycles. The highest BCUT2D eigenvalue weighted by atomic mass is 16.2. The van der Waals surface area contributed by atoms with Gasteiger partial charge in [0.05, 0.1) is 17.4 Å². The lowest BCUT2D eigenvalue weighted by Gasteiger charge is -2.09. The number of hydrogen-bond acceptors (Lipinski definition) is 4. The zero-order valence-electron chi connectivity index (χ0n) is 16.7. The molecule has 0 fully saturated rings. The number of anilines is 2. The molecule has 2 aromatic carbocycles. The highest BCUT2D eigenvalue weighted by Gasteiger charge is 2.08. The lowest BCUT2D eigenvalue weighted by atomic mass is 10.2. The SMILES string of the molecule is O=C(CCc1cnn(-c2ccccc2)c1)Nc1cccc(NC(=O)c2cccnc2)c1. The molecule has 0 radical (unpaired) electrons. The van der Waals surface area contributed by atoms with Crippen molar-refractivity contribution in [3.8, 4) is 5.69 Å². The van der Waals surface area contributed by atoms with Crippen LogP contribution in [0.3, 0.4) is 0 Å². The highest BCUT2D eigenvalue weighted by Crippen LogP contribution is 2.17. The Kier molecular flexibility index (Phi) is 6.13. The summed E-state index contributed by atoms with van der Waals surface area (Å²) >= 11 is 0. The van der Waals surface area contributed by atoms with E-state index in [1.807, 2.05) is 36.5 Å². The fourth-order valence-electron chi connectivity index (χ4n) is 3.07. The molecule has 0 aliphatic heterocycles. The highest BCUT2D eigenvalue weighted by molar-refractivity contribution is 6.04. The Morgan fingerprint density at radius 3 is 2.45 bits per heavy atom. The summed E-state index contributed by atoms with van der Waals surface area (Å²) in [5, 5.41) is 10.0. The maximum Gasteiger partial charge on any atom is 0.257 e. The molecule has 4 aromatic rings. The molecule has 4 rings (SSSR count). The van der Waals surface area contributed by atoms with Gasteiger partial charge in [-0.25, -0.2) is 4.68 Å². The van der Waals surface area contributed by atoms with Crippen molar-refractivity contribution in [2.75, 3.05) is 10.6 Å². The number of pyridine rings is 1. The van der Waals surface area contributed by atoms with Gasteiger partial charge in [0, 0.05) is 36.4 Å². The second-order valence-electron chi connectivity index (χ2n) is 6.95. The standard InChI is InChI=1S/C24H21N5O2/c30-23(12-11-18-15-26-29(17-18)22-9-2-1-3-10-22)27-20-7-4-8-21(14-20)28-24(31)19-6-5-13-25-16-19/h1-10,13-17H,11-12H2,(H,27,30)(H,28,31). The van der Waals surface area contributed by atoms with Crippen molar-refractivity contribution < 1.29 is 9.59 Å². The summed E-state index contributed by atoms with van der Waals surface area (Å²) in [6, 6.07) is 20.3. The van der Waals surface area contributed by atoms with Gasteiger partial charge in [-0.1, -0.05) is 24.3 Å². The second-order valence-corrected chi connectivity index (χ2v) is 6.95. The van der Waals surface area contributed by atoms with Gasteiger partial charge in [-0.05, 0) is 54.4 Å². The number of nitrogens with one attached hydrogen (secondary N) is 2. The van der Waals surface area contributed by atoms with Crippen molar-refractivity contribution in [3.05, 3.63) is 103 Å². The van der Waals surface area contributed by atoms with Crippen molar-refractivity contribution in [2.45, 2.75) is 12.8 Å². The molecule has 154 valence electrons. The third kappa shape index (κ3) is 5.42. The number of benzene rings is 2. The van der Waals surface area contributed by atoms with Gasteiger partial charge in [-0.2, -0.15) is 5.10 Å². The maximum absolute atomic E-state index is 12.4. The van der Waals surface area contributed by atoms with Gasteiger partial charge in [-0.15, -0.1) is 0 Å². The van der Waals surface area contributed by atoms with Gasteiger partial charge in [-0.3, -0.25) is 14.6 Å². The summed E-state index contributed by atoms with van der Waals surface area (Å²) < 4.78 is 1.79. The van der Waals surface area contributed by atoms with Crippen LogP contribution in [0.15, 0.2) is 91.5 Å². The molecule has 0 aliphatic rings. The van der Waals surface area contributed by atoms with Crippen LogP contribution in [-0.4, -0.2) is 26.6 Å². The van der Waals surface area contributed by atoms with E-state index in [2.05, 4.69) is 20.7 Å². The maximum atomic E-state index is 12.4. The third-order valence-electron chi connectivity index (χ3n) is 4.63. The number of carbonyl (C=O) groups excluding carboxylic acids is 2. The lowest BCUT2D eigenvalue weighted by Crippen LogP contribution is -2.14. The molecule has 2 heterocycles. The van der Waals surface area contributed by atoms with E-state index in [4.69, 9.17) is 0 Å². The lowest BCUT2D eigenvalue weighted by molar-refractivity contribution is -0.116. The monoisotopic (exact) mass is 411 g/mol. The molecule has 0 atom stereocenters. The van der Waals surface area contributed by atoms with E-state index in [1.165, 1.54) is 6.20 Å². The third-order valence-corrected chi connectivity index (χ3v) is 4.63. The minimum Gasteiger partial charge on any atom is -0.326 e. The van der Waals surface area contributed by atoms with Crippen LogP contribution >= 0.6 is 0 Å². The van der Waals surface area contributed by atoms with E-state index in [1.54, 1.807) is 53.5 Å². The van der Waals surface area contributed by atoms with E-state index >= 15 is 0 Å². The molecule has 2 aromatic heterocycles. The van der Waals surface area contributed by atoms with Crippen LogP contribution in [0.1, 0.15) is 22.3 Å². The molecule has 0 saturated heterocycles. The molecule has 0 spiro atoms. The number of nitrogens with zero attached hydrogens (tertiary/aromatic N) is 3. The minimum atomic E-state index is -0.257. The van der Waals surface area contributed by atoms with E-state index < -0.39 is 0 Å². The van der Waals surface area contributed by atoms with Gasteiger partial charge >= 0.3 is 0 Å². The molecular formula is C24H21N5O2. The Morgan fingerprint density at radius 2 is 1.68 bits per heavy atom. The molecule has 2 amide bonds. The van der Waals surface area contributed by atoms with E-state index in [0.29, 0.717) is 29.8 Å². The van der Waals surface area contributed by atoms with Crippen molar-refractivity contribution in [1.82, 2.24) is 14.8 Å².